The van der Waals surface area contributed by atoms with E-state index in [1.807, 2.05) is 19.9 Å². The van der Waals surface area contributed by atoms with Crippen LogP contribution in [0.4, 0.5) is 5.69 Å². The van der Waals surface area contributed by atoms with Crippen LogP contribution in [0.2, 0.25) is 5.02 Å². The molecule has 0 aromatic heterocycles. The van der Waals surface area contributed by atoms with Crippen molar-refractivity contribution in [3.8, 4) is 6.07 Å². The van der Waals surface area contributed by atoms with Crippen LogP contribution in [0.25, 0.3) is 0 Å². The molecule has 0 aliphatic carbocycles. The molecule has 102 valence electrons. The number of carbonyl (C=O) groups is 1. The Balaban J connectivity index is 2.59. The summed E-state index contributed by atoms with van der Waals surface area (Å²) < 4.78 is 0. The molecule has 19 heavy (non-hydrogen) atoms. The number of likely N-dealkylation sites (N-methyl/N-ethyl adjacent to an activating group) is 1. The maximum Gasteiger partial charge on any atom is 0.279 e. The van der Waals surface area contributed by atoms with Gasteiger partial charge in [-0.3, -0.25) is 4.79 Å². The van der Waals surface area contributed by atoms with Gasteiger partial charge in [0.1, 0.15) is 0 Å². The van der Waals surface area contributed by atoms with Crippen LogP contribution in [0.15, 0.2) is 18.2 Å². The van der Waals surface area contributed by atoms with Crippen molar-refractivity contribution >= 4 is 23.2 Å². The van der Waals surface area contributed by atoms with Crippen molar-refractivity contribution in [2.75, 3.05) is 25.0 Å². The number of nitrogens with one attached hydrogen (secondary N) is 2. The second-order valence-electron chi connectivity index (χ2n) is 4.45. The van der Waals surface area contributed by atoms with Crippen LogP contribution in [-0.4, -0.2) is 25.5 Å². The highest BCUT2D eigenvalue weighted by molar-refractivity contribution is 6.31. The molecule has 0 aliphatic rings. The number of benzene rings is 1. The minimum absolute atomic E-state index is 0.0554. The van der Waals surface area contributed by atoms with E-state index in [1.54, 1.807) is 12.1 Å². The first kappa shape index (κ1) is 15.5. The molecule has 4 nitrogen and oxygen atoms in total. The minimum atomic E-state index is -0.0554. The van der Waals surface area contributed by atoms with E-state index in [1.165, 1.54) is 0 Å². The molecule has 0 radical (unpaired) electrons. The van der Waals surface area contributed by atoms with Crippen molar-refractivity contribution in [1.82, 2.24) is 0 Å². The fourth-order valence-corrected chi connectivity index (χ4v) is 1.95. The molecule has 0 fully saturated rings. The molecule has 5 heteroatoms. The average molecular weight is 281 g/mol. The van der Waals surface area contributed by atoms with Gasteiger partial charge in [-0.15, -0.1) is 0 Å². The summed E-state index contributed by atoms with van der Waals surface area (Å²) >= 11 is 5.91. The zero-order chi connectivity index (χ0) is 14.3. The zero-order valence-electron chi connectivity index (χ0n) is 11.3. The Morgan fingerprint density at radius 1 is 1.53 bits per heavy atom. The SMILES string of the molecule is CC[NH+](CCC#N)CC(=O)Nc1cc(Cl)ccc1C. The van der Waals surface area contributed by atoms with E-state index in [-0.39, 0.29) is 5.91 Å². The van der Waals surface area contributed by atoms with Gasteiger partial charge in [-0.1, -0.05) is 17.7 Å². The van der Waals surface area contributed by atoms with E-state index in [2.05, 4.69) is 11.4 Å². The molecule has 0 spiro atoms. The van der Waals surface area contributed by atoms with E-state index in [0.29, 0.717) is 24.5 Å². The Morgan fingerprint density at radius 3 is 2.89 bits per heavy atom. The van der Waals surface area contributed by atoms with Crippen LogP contribution in [-0.2, 0) is 4.79 Å². The quantitative estimate of drug-likeness (QED) is 0.828. The van der Waals surface area contributed by atoms with Crippen molar-refractivity contribution in [3.63, 3.8) is 0 Å². The first-order chi connectivity index (χ1) is 9.06. The Bertz CT molecular complexity index is 482. The van der Waals surface area contributed by atoms with Gasteiger partial charge in [-0.05, 0) is 31.5 Å². The first-order valence-corrected chi connectivity index (χ1v) is 6.71. The van der Waals surface area contributed by atoms with Gasteiger partial charge in [0.05, 0.1) is 25.6 Å². The number of hydrogen-bond acceptors (Lipinski definition) is 2. The van der Waals surface area contributed by atoms with Gasteiger partial charge < -0.3 is 10.2 Å². The lowest BCUT2D eigenvalue weighted by Gasteiger charge is -2.16. The lowest BCUT2D eigenvalue weighted by molar-refractivity contribution is -0.889. The molecule has 0 bridgehead atoms. The van der Waals surface area contributed by atoms with Gasteiger partial charge in [0.15, 0.2) is 6.54 Å². The predicted octanol–water partition coefficient (Wildman–Crippen LogP) is 1.41. The Morgan fingerprint density at radius 2 is 2.26 bits per heavy atom. The third-order valence-electron chi connectivity index (χ3n) is 2.97. The molecule has 1 aromatic carbocycles. The summed E-state index contributed by atoms with van der Waals surface area (Å²) in [6.45, 7) is 5.80. The smallest absolute Gasteiger partial charge is 0.279 e. The van der Waals surface area contributed by atoms with Crippen LogP contribution >= 0.6 is 11.6 Å². The van der Waals surface area contributed by atoms with Crippen LogP contribution in [0, 0.1) is 18.3 Å². The number of hydrogen-bond donors (Lipinski definition) is 2. The maximum absolute atomic E-state index is 12.0. The molecule has 1 amide bonds. The van der Waals surface area contributed by atoms with Crippen LogP contribution < -0.4 is 10.2 Å². The predicted molar refractivity (Wildman–Crippen MR) is 76.3 cm³/mol. The van der Waals surface area contributed by atoms with Gasteiger partial charge >= 0.3 is 0 Å². The number of aryl methyl sites for hydroxylation is 1. The van der Waals surface area contributed by atoms with E-state index in [4.69, 9.17) is 16.9 Å². The number of carbonyl (C=O) groups excluding carboxylic acids is 1. The van der Waals surface area contributed by atoms with Crippen LogP contribution in [0.5, 0.6) is 0 Å². The lowest BCUT2D eigenvalue weighted by Crippen LogP contribution is -3.12. The van der Waals surface area contributed by atoms with E-state index < -0.39 is 0 Å². The average Bonchev–Trinajstić information content (AvgIpc) is 2.38. The van der Waals surface area contributed by atoms with Crippen molar-refractivity contribution in [3.05, 3.63) is 28.8 Å². The fourth-order valence-electron chi connectivity index (χ4n) is 1.77. The number of anilines is 1. The molecule has 1 atom stereocenters. The molecule has 0 saturated heterocycles. The third-order valence-corrected chi connectivity index (χ3v) is 3.21. The van der Waals surface area contributed by atoms with Crippen molar-refractivity contribution in [1.29, 1.82) is 5.26 Å². The number of rotatable bonds is 6. The van der Waals surface area contributed by atoms with Gasteiger partial charge in [0, 0.05) is 10.7 Å². The van der Waals surface area contributed by atoms with Crippen molar-refractivity contribution < 1.29 is 9.69 Å². The zero-order valence-corrected chi connectivity index (χ0v) is 12.0. The largest absolute Gasteiger partial charge is 0.327 e. The summed E-state index contributed by atoms with van der Waals surface area (Å²) in [6, 6.07) is 7.52. The highest BCUT2D eigenvalue weighted by Crippen LogP contribution is 2.19. The van der Waals surface area contributed by atoms with E-state index in [0.717, 1.165) is 22.7 Å². The molecule has 0 heterocycles. The first-order valence-electron chi connectivity index (χ1n) is 6.33. The Kier molecular flexibility index (Phi) is 6.34. The molecule has 2 N–H and O–H groups in total. The number of quaternary nitrogens is 1. The lowest BCUT2D eigenvalue weighted by atomic mass is 10.2. The molecular formula is C14H19ClN3O+. The summed E-state index contributed by atoms with van der Waals surface area (Å²) in [4.78, 5) is 13.0. The molecule has 0 saturated carbocycles. The fraction of sp³-hybridized carbons (Fsp3) is 0.429. The molecule has 0 aliphatic heterocycles. The number of halogens is 1. The minimum Gasteiger partial charge on any atom is -0.327 e. The number of nitriles is 1. The maximum atomic E-state index is 12.0. The summed E-state index contributed by atoms with van der Waals surface area (Å²) in [5, 5.41) is 12.0. The normalized spacial score (nSPS) is 11.7. The highest BCUT2D eigenvalue weighted by Gasteiger charge is 2.13. The summed E-state index contributed by atoms with van der Waals surface area (Å²) in [7, 11) is 0. The van der Waals surface area contributed by atoms with Gasteiger partial charge in [-0.25, -0.2) is 0 Å². The van der Waals surface area contributed by atoms with Gasteiger partial charge in [0.25, 0.3) is 5.91 Å². The van der Waals surface area contributed by atoms with Crippen LogP contribution in [0.1, 0.15) is 18.9 Å². The van der Waals surface area contributed by atoms with Gasteiger partial charge in [0.2, 0.25) is 0 Å². The van der Waals surface area contributed by atoms with E-state index in [9.17, 15) is 4.79 Å². The number of amides is 1. The Labute approximate surface area is 119 Å². The monoisotopic (exact) mass is 280 g/mol. The molecular weight excluding hydrogens is 262 g/mol. The standard InChI is InChI=1S/C14H18ClN3O/c1-3-18(8-4-7-16)10-14(19)17-13-9-12(15)6-5-11(13)2/h5-6,9H,3-4,8,10H2,1-2H3,(H,17,19)/p+1. The third kappa shape index (κ3) is 5.29. The van der Waals surface area contributed by atoms with Crippen LogP contribution in [0.3, 0.4) is 0 Å². The molecule has 1 rings (SSSR count). The van der Waals surface area contributed by atoms with Crippen molar-refractivity contribution in [2.45, 2.75) is 20.3 Å². The molecule has 1 unspecified atom stereocenters. The second kappa shape index (κ2) is 7.78. The summed E-state index contributed by atoms with van der Waals surface area (Å²) in [5.41, 5.74) is 1.72. The second-order valence-corrected chi connectivity index (χ2v) is 4.88. The summed E-state index contributed by atoms with van der Waals surface area (Å²) in [6.07, 6.45) is 0.465. The van der Waals surface area contributed by atoms with Gasteiger partial charge in [-0.2, -0.15) is 5.26 Å². The number of nitrogens with zero attached hydrogens (tertiary/aromatic N) is 1. The van der Waals surface area contributed by atoms with Crippen molar-refractivity contribution in [2.24, 2.45) is 0 Å². The highest BCUT2D eigenvalue weighted by atomic mass is 35.5. The summed E-state index contributed by atoms with van der Waals surface area (Å²) in [5.74, 6) is -0.0554. The topological polar surface area (TPSA) is 57.3 Å². The van der Waals surface area contributed by atoms with E-state index >= 15 is 0 Å². The Hall–Kier alpha value is -1.57. The molecule has 1 aromatic rings.